The number of pyridine rings is 1. The Morgan fingerprint density at radius 2 is 1.67 bits per heavy atom. The molecule has 0 unspecified atom stereocenters. The molecule has 2 aromatic rings. The van der Waals surface area contributed by atoms with E-state index in [2.05, 4.69) is 4.98 Å². The zero-order valence-corrected chi connectivity index (χ0v) is 12.8. The summed E-state index contributed by atoms with van der Waals surface area (Å²) in [4.78, 5) is 3.66. The lowest BCUT2D eigenvalue weighted by Crippen LogP contribution is -2.00. The molecule has 1 aromatic heterocycles. The summed E-state index contributed by atoms with van der Waals surface area (Å²) in [5.74, 6) is 0.800. The highest BCUT2D eigenvalue weighted by molar-refractivity contribution is 8.13. The van der Waals surface area contributed by atoms with E-state index in [1.54, 1.807) is 18.2 Å². The SMILES string of the molecule is COc1cccc(OC)c1Oc1ncccc1S(=O)(=O)Cl. The third-order valence-electron chi connectivity index (χ3n) is 2.58. The van der Waals surface area contributed by atoms with Crippen molar-refractivity contribution in [1.29, 1.82) is 0 Å². The van der Waals surface area contributed by atoms with Crippen molar-refractivity contribution in [2.75, 3.05) is 14.2 Å². The molecule has 0 aliphatic carbocycles. The van der Waals surface area contributed by atoms with Gasteiger partial charge in [-0.25, -0.2) is 13.4 Å². The topological polar surface area (TPSA) is 74.7 Å². The van der Waals surface area contributed by atoms with Gasteiger partial charge < -0.3 is 14.2 Å². The van der Waals surface area contributed by atoms with Crippen molar-refractivity contribution in [3.8, 4) is 23.1 Å². The second kappa shape index (κ2) is 6.19. The van der Waals surface area contributed by atoms with Crippen LogP contribution in [0.15, 0.2) is 41.4 Å². The first-order chi connectivity index (χ1) is 9.97. The summed E-state index contributed by atoms with van der Waals surface area (Å²) in [6, 6.07) is 7.75. The number of methoxy groups -OCH3 is 2. The quantitative estimate of drug-likeness (QED) is 0.785. The molecular weight excluding hydrogens is 318 g/mol. The fourth-order valence-corrected chi connectivity index (χ4v) is 2.55. The van der Waals surface area contributed by atoms with Crippen LogP contribution in [0, 0.1) is 0 Å². The van der Waals surface area contributed by atoms with Gasteiger partial charge in [-0.05, 0) is 24.3 Å². The fourth-order valence-electron chi connectivity index (χ4n) is 1.65. The van der Waals surface area contributed by atoms with Gasteiger partial charge in [-0.2, -0.15) is 0 Å². The summed E-state index contributed by atoms with van der Waals surface area (Å²) >= 11 is 0. The predicted molar refractivity (Wildman–Crippen MR) is 76.9 cm³/mol. The number of para-hydroxylation sites is 1. The standard InChI is InChI=1S/C13H12ClNO5S/c1-18-9-5-3-6-10(19-2)12(9)20-13-11(21(14,16)17)7-4-8-15-13/h3-8H,1-2H3. The van der Waals surface area contributed by atoms with Crippen molar-refractivity contribution >= 4 is 19.7 Å². The molecule has 2 rings (SSSR count). The van der Waals surface area contributed by atoms with Crippen LogP contribution in [-0.2, 0) is 9.05 Å². The minimum absolute atomic E-state index is 0.157. The van der Waals surface area contributed by atoms with Gasteiger partial charge in [-0.1, -0.05) is 6.07 Å². The average Bonchev–Trinajstić information content (AvgIpc) is 2.47. The van der Waals surface area contributed by atoms with Crippen LogP contribution < -0.4 is 14.2 Å². The Morgan fingerprint density at radius 1 is 1.05 bits per heavy atom. The minimum atomic E-state index is -3.99. The normalized spacial score (nSPS) is 11.0. The van der Waals surface area contributed by atoms with E-state index in [0.717, 1.165) is 0 Å². The summed E-state index contributed by atoms with van der Waals surface area (Å²) in [5, 5.41) is 0. The van der Waals surface area contributed by atoms with Crippen LogP contribution in [0.25, 0.3) is 0 Å². The van der Waals surface area contributed by atoms with Gasteiger partial charge >= 0.3 is 0 Å². The lowest BCUT2D eigenvalue weighted by atomic mass is 10.3. The van der Waals surface area contributed by atoms with Crippen molar-refractivity contribution in [1.82, 2.24) is 4.98 Å². The average molecular weight is 330 g/mol. The van der Waals surface area contributed by atoms with Gasteiger partial charge in [0, 0.05) is 16.9 Å². The first-order valence-corrected chi connectivity index (χ1v) is 8.07. The molecule has 0 fully saturated rings. The molecule has 0 aliphatic rings. The number of ether oxygens (including phenoxy) is 3. The van der Waals surface area contributed by atoms with E-state index >= 15 is 0 Å². The van der Waals surface area contributed by atoms with Crippen molar-refractivity contribution < 1.29 is 22.6 Å². The van der Waals surface area contributed by atoms with Crippen molar-refractivity contribution in [2.45, 2.75) is 4.90 Å². The highest BCUT2D eigenvalue weighted by atomic mass is 35.7. The summed E-state index contributed by atoms with van der Waals surface area (Å²) in [5.41, 5.74) is 0. The van der Waals surface area contributed by atoms with Gasteiger partial charge in [-0.3, -0.25) is 0 Å². The molecule has 8 heteroatoms. The Balaban J connectivity index is 2.54. The third-order valence-corrected chi connectivity index (χ3v) is 3.92. The Labute approximate surface area is 126 Å². The van der Waals surface area contributed by atoms with E-state index < -0.39 is 9.05 Å². The van der Waals surface area contributed by atoms with Crippen LogP contribution in [-0.4, -0.2) is 27.6 Å². The molecule has 0 aliphatic heterocycles. The summed E-state index contributed by atoms with van der Waals surface area (Å²) < 4.78 is 39.0. The van der Waals surface area contributed by atoms with Crippen LogP contribution in [0.3, 0.4) is 0 Å². The second-order valence-corrected chi connectivity index (χ2v) is 6.37. The minimum Gasteiger partial charge on any atom is -0.493 e. The fraction of sp³-hybridized carbons (Fsp3) is 0.154. The van der Waals surface area contributed by atoms with E-state index in [0.29, 0.717) is 11.5 Å². The maximum atomic E-state index is 11.5. The maximum absolute atomic E-state index is 11.5. The molecule has 0 bridgehead atoms. The maximum Gasteiger partial charge on any atom is 0.266 e. The number of aromatic nitrogens is 1. The van der Waals surface area contributed by atoms with Crippen LogP contribution in [0.4, 0.5) is 0 Å². The van der Waals surface area contributed by atoms with E-state index in [1.165, 1.54) is 32.5 Å². The van der Waals surface area contributed by atoms with E-state index in [1.807, 2.05) is 0 Å². The van der Waals surface area contributed by atoms with Crippen molar-refractivity contribution in [2.24, 2.45) is 0 Å². The van der Waals surface area contributed by atoms with Gasteiger partial charge in [0.25, 0.3) is 9.05 Å². The molecule has 0 radical (unpaired) electrons. The number of nitrogens with zero attached hydrogens (tertiary/aromatic N) is 1. The molecule has 0 atom stereocenters. The Bertz CT molecular complexity index is 726. The highest BCUT2D eigenvalue weighted by Crippen LogP contribution is 2.41. The van der Waals surface area contributed by atoms with E-state index in [9.17, 15) is 8.42 Å². The van der Waals surface area contributed by atoms with Crippen LogP contribution in [0.5, 0.6) is 23.1 Å². The Kier molecular flexibility index (Phi) is 4.54. The highest BCUT2D eigenvalue weighted by Gasteiger charge is 2.21. The number of rotatable bonds is 5. The van der Waals surface area contributed by atoms with Crippen LogP contribution in [0.1, 0.15) is 0 Å². The lowest BCUT2D eigenvalue weighted by molar-refractivity contribution is 0.338. The van der Waals surface area contributed by atoms with Crippen molar-refractivity contribution in [3.05, 3.63) is 36.5 Å². The monoisotopic (exact) mass is 329 g/mol. The van der Waals surface area contributed by atoms with Gasteiger partial charge in [0.15, 0.2) is 11.5 Å². The predicted octanol–water partition coefficient (Wildman–Crippen LogP) is 2.82. The summed E-state index contributed by atoms with van der Waals surface area (Å²) in [6.07, 6.45) is 1.39. The molecule has 6 nitrogen and oxygen atoms in total. The third kappa shape index (κ3) is 3.37. The lowest BCUT2D eigenvalue weighted by Gasteiger charge is -2.14. The zero-order chi connectivity index (χ0) is 15.5. The molecular formula is C13H12ClNO5S. The molecule has 1 aromatic carbocycles. The largest absolute Gasteiger partial charge is 0.493 e. The molecule has 0 spiro atoms. The Hall–Kier alpha value is -1.99. The first kappa shape index (κ1) is 15.4. The number of benzene rings is 1. The van der Waals surface area contributed by atoms with Gasteiger partial charge in [0.05, 0.1) is 14.2 Å². The molecule has 21 heavy (non-hydrogen) atoms. The van der Waals surface area contributed by atoms with E-state index in [-0.39, 0.29) is 16.5 Å². The second-order valence-electron chi connectivity index (χ2n) is 3.84. The van der Waals surface area contributed by atoms with Gasteiger partial charge in [0.2, 0.25) is 11.6 Å². The molecule has 0 saturated heterocycles. The van der Waals surface area contributed by atoms with Gasteiger partial charge in [-0.15, -0.1) is 0 Å². The molecule has 112 valence electrons. The van der Waals surface area contributed by atoms with E-state index in [4.69, 9.17) is 24.9 Å². The van der Waals surface area contributed by atoms with Crippen molar-refractivity contribution in [3.63, 3.8) is 0 Å². The first-order valence-electron chi connectivity index (χ1n) is 5.76. The zero-order valence-electron chi connectivity index (χ0n) is 11.2. The summed E-state index contributed by atoms with van der Waals surface area (Å²) in [7, 11) is 4.29. The molecule has 0 amide bonds. The number of hydrogen-bond donors (Lipinski definition) is 0. The number of halogens is 1. The van der Waals surface area contributed by atoms with Gasteiger partial charge in [0.1, 0.15) is 4.90 Å². The number of hydrogen-bond acceptors (Lipinski definition) is 6. The Morgan fingerprint density at radius 3 is 2.19 bits per heavy atom. The summed E-state index contributed by atoms with van der Waals surface area (Å²) in [6.45, 7) is 0. The molecule has 1 heterocycles. The smallest absolute Gasteiger partial charge is 0.266 e. The van der Waals surface area contributed by atoms with Crippen LogP contribution >= 0.6 is 10.7 Å². The van der Waals surface area contributed by atoms with Crippen LogP contribution in [0.2, 0.25) is 0 Å². The molecule has 0 N–H and O–H groups in total. The molecule has 0 saturated carbocycles.